The van der Waals surface area contributed by atoms with Crippen molar-refractivity contribution in [1.82, 2.24) is 14.9 Å². The first-order valence-electron chi connectivity index (χ1n) is 3.98. The molecule has 1 aromatic heterocycles. The Morgan fingerprint density at radius 3 is 2.85 bits per heavy atom. The summed E-state index contributed by atoms with van der Waals surface area (Å²) in [5.41, 5.74) is -0.122. The molecule has 72 valence electrons. The molecule has 0 aliphatic carbocycles. The topological polar surface area (TPSA) is 49.0 Å². The largest absolute Gasteiger partial charge is 0.310 e. The lowest BCUT2D eigenvalue weighted by Gasteiger charge is -2.07. The molecule has 0 atom stereocenters. The van der Waals surface area contributed by atoms with E-state index in [0.29, 0.717) is 4.47 Å². The van der Waals surface area contributed by atoms with Crippen LogP contribution >= 0.6 is 15.9 Å². The fraction of sp³-hybridized carbons (Fsp3) is 0.500. The summed E-state index contributed by atoms with van der Waals surface area (Å²) in [6.45, 7) is 0.880. The monoisotopic (exact) mass is 245 g/mol. The van der Waals surface area contributed by atoms with E-state index in [2.05, 4.69) is 25.9 Å². The van der Waals surface area contributed by atoms with Gasteiger partial charge in [-0.05, 0) is 30.0 Å². The van der Waals surface area contributed by atoms with E-state index in [1.165, 1.54) is 6.20 Å². The minimum atomic E-state index is -0.122. The molecule has 5 heteroatoms. The molecule has 0 aliphatic rings. The van der Waals surface area contributed by atoms with Crippen LogP contribution < -0.4 is 5.56 Å². The van der Waals surface area contributed by atoms with E-state index in [0.717, 1.165) is 18.8 Å². The molecule has 0 saturated heterocycles. The Kier molecular flexibility index (Phi) is 3.62. The number of hydrogen-bond donors (Lipinski definition) is 1. The van der Waals surface area contributed by atoms with E-state index >= 15 is 0 Å². The van der Waals surface area contributed by atoms with Crippen LogP contribution in [0.3, 0.4) is 0 Å². The van der Waals surface area contributed by atoms with Crippen molar-refractivity contribution < 1.29 is 0 Å². The first kappa shape index (κ1) is 10.4. The molecule has 1 N–H and O–H groups in total. The first-order valence-corrected chi connectivity index (χ1v) is 4.77. The predicted octanol–water partition coefficient (Wildman–Crippen LogP) is 0.636. The number of nitrogens with zero attached hydrogens (tertiary/aromatic N) is 2. The van der Waals surface area contributed by atoms with Gasteiger partial charge in [-0.1, -0.05) is 0 Å². The molecule has 0 aliphatic heterocycles. The third kappa shape index (κ3) is 3.28. The summed E-state index contributed by atoms with van der Waals surface area (Å²) in [4.78, 5) is 19.9. The Balaban J connectivity index is 2.69. The van der Waals surface area contributed by atoms with Gasteiger partial charge in [0.15, 0.2) is 0 Å². The second-order valence-corrected chi connectivity index (χ2v) is 3.91. The van der Waals surface area contributed by atoms with Gasteiger partial charge >= 0.3 is 0 Å². The van der Waals surface area contributed by atoms with Gasteiger partial charge in [0.1, 0.15) is 10.3 Å². The summed E-state index contributed by atoms with van der Waals surface area (Å²) >= 11 is 3.09. The Morgan fingerprint density at radius 1 is 1.62 bits per heavy atom. The Morgan fingerprint density at radius 2 is 2.31 bits per heavy atom. The average molecular weight is 246 g/mol. The molecule has 1 heterocycles. The van der Waals surface area contributed by atoms with Gasteiger partial charge in [-0.2, -0.15) is 0 Å². The molecule has 0 amide bonds. The summed E-state index contributed by atoms with van der Waals surface area (Å²) in [7, 11) is 3.97. The van der Waals surface area contributed by atoms with E-state index in [1.807, 2.05) is 19.0 Å². The standard InChI is InChI=1S/C8H12BrN3O/c1-12(2)4-3-7-10-5-6(9)8(13)11-7/h5H,3-4H2,1-2H3,(H,10,11,13). The molecule has 1 rings (SSSR count). The predicted molar refractivity (Wildman–Crippen MR) is 54.8 cm³/mol. The van der Waals surface area contributed by atoms with Gasteiger partial charge in [-0.15, -0.1) is 0 Å². The number of likely N-dealkylation sites (N-methyl/N-ethyl adjacent to an activating group) is 1. The van der Waals surface area contributed by atoms with E-state index in [4.69, 9.17) is 0 Å². The van der Waals surface area contributed by atoms with Gasteiger partial charge in [0.25, 0.3) is 5.56 Å². The number of aromatic amines is 1. The fourth-order valence-corrected chi connectivity index (χ4v) is 1.07. The smallest absolute Gasteiger partial charge is 0.265 e. The third-order valence-corrected chi connectivity index (χ3v) is 2.17. The second-order valence-electron chi connectivity index (χ2n) is 3.06. The summed E-state index contributed by atoms with van der Waals surface area (Å²) < 4.78 is 0.473. The fourth-order valence-electron chi connectivity index (χ4n) is 0.873. The molecule has 0 aromatic carbocycles. The van der Waals surface area contributed by atoms with Gasteiger partial charge in [-0.3, -0.25) is 4.79 Å². The normalized spacial score (nSPS) is 10.8. The molecule has 1 aromatic rings. The molecule has 0 saturated carbocycles. The lowest BCUT2D eigenvalue weighted by Crippen LogP contribution is -2.19. The maximum Gasteiger partial charge on any atom is 0.265 e. The molecule has 0 unspecified atom stereocenters. The maximum atomic E-state index is 11.1. The highest BCUT2D eigenvalue weighted by Crippen LogP contribution is 1.98. The number of H-pyrrole nitrogens is 1. The van der Waals surface area contributed by atoms with Crippen LogP contribution in [-0.2, 0) is 6.42 Å². The molecule has 0 radical (unpaired) electrons. The van der Waals surface area contributed by atoms with Crippen LogP contribution in [0, 0.1) is 0 Å². The minimum Gasteiger partial charge on any atom is -0.310 e. The number of hydrogen-bond acceptors (Lipinski definition) is 3. The van der Waals surface area contributed by atoms with Gasteiger partial charge in [0.2, 0.25) is 0 Å². The van der Waals surface area contributed by atoms with Crippen molar-refractivity contribution in [3.05, 3.63) is 26.8 Å². The van der Waals surface area contributed by atoms with Gasteiger partial charge < -0.3 is 9.88 Å². The van der Waals surface area contributed by atoms with Gasteiger partial charge in [0.05, 0.1) is 0 Å². The van der Waals surface area contributed by atoms with Crippen LogP contribution in [0.1, 0.15) is 5.82 Å². The number of halogens is 1. The van der Waals surface area contributed by atoms with Crippen molar-refractivity contribution >= 4 is 15.9 Å². The van der Waals surface area contributed by atoms with Crippen molar-refractivity contribution in [2.24, 2.45) is 0 Å². The van der Waals surface area contributed by atoms with Gasteiger partial charge in [0, 0.05) is 19.2 Å². The summed E-state index contributed by atoms with van der Waals surface area (Å²) in [5, 5.41) is 0. The van der Waals surface area contributed by atoms with Crippen LogP contribution in [0.4, 0.5) is 0 Å². The molecule has 0 bridgehead atoms. The zero-order chi connectivity index (χ0) is 9.84. The van der Waals surface area contributed by atoms with Gasteiger partial charge in [-0.25, -0.2) is 4.98 Å². The van der Waals surface area contributed by atoms with Crippen molar-refractivity contribution in [3.63, 3.8) is 0 Å². The van der Waals surface area contributed by atoms with E-state index in [-0.39, 0.29) is 5.56 Å². The van der Waals surface area contributed by atoms with Crippen molar-refractivity contribution in [2.75, 3.05) is 20.6 Å². The Bertz CT molecular complexity index is 334. The quantitative estimate of drug-likeness (QED) is 0.851. The third-order valence-electron chi connectivity index (χ3n) is 1.60. The maximum absolute atomic E-state index is 11.1. The number of nitrogens with one attached hydrogen (secondary N) is 1. The van der Waals surface area contributed by atoms with Crippen LogP contribution in [0.25, 0.3) is 0 Å². The first-order chi connectivity index (χ1) is 6.09. The van der Waals surface area contributed by atoms with Crippen LogP contribution in [0.2, 0.25) is 0 Å². The highest BCUT2D eigenvalue weighted by Gasteiger charge is 1.99. The summed E-state index contributed by atoms with van der Waals surface area (Å²) in [6.07, 6.45) is 2.29. The number of aromatic nitrogens is 2. The molecule has 13 heavy (non-hydrogen) atoms. The van der Waals surface area contributed by atoms with Crippen molar-refractivity contribution in [2.45, 2.75) is 6.42 Å². The lowest BCUT2D eigenvalue weighted by molar-refractivity contribution is 0.409. The summed E-state index contributed by atoms with van der Waals surface area (Å²) in [5.74, 6) is 0.724. The number of rotatable bonds is 3. The molecular weight excluding hydrogens is 234 g/mol. The van der Waals surface area contributed by atoms with Crippen LogP contribution in [-0.4, -0.2) is 35.5 Å². The summed E-state index contributed by atoms with van der Waals surface area (Å²) in [6, 6.07) is 0. The average Bonchev–Trinajstić information content (AvgIpc) is 2.07. The van der Waals surface area contributed by atoms with E-state index in [1.54, 1.807) is 0 Å². The van der Waals surface area contributed by atoms with Crippen molar-refractivity contribution in [3.8, 4) is 0 Å². The van der Waals surface area contributed by atoms with Crippen LogP contribution in [0.15, 0.2) is 15.5 Å². The highest BCUT2D eigenvalue weighted by molar-refractivity contribution is 9.10. The SMILES string of the molecule is CN(C)CCc1ncc(Br)c(=O)[nH]1. The van der Waals surface area contributed by atoms with Crippen molar-refractivity contribution in [1.29, 1.82) is 0 Å². The lowest BCUT2D eigenvalue weighted by atomic mass is 10.4. The zero-order valence-electron chi connectivity index (χ0n) is 7.67. The molecule has 0 spiro atoms. The highest BCUT2D eigenvalue weighted by atomic mass is 79.9. The molecule has 0 fully saturated rings. The Labute approximate surface area is 85.1 Å². The Hall–Kier alpha value is -0.680. The van der Waals surface area contributed by atoms with E-state index < -0.39 is 0 Å². The van der Waals surface area contributed by atoms with E-state index in [9.17, 15) is 4.79 Å². The zero-order valence-corrected chi connectivity index (χ0v) is 9.26. The second kappa shape index (κ2) is 4.53. The minimum absolute atomic E-state index is 0.122. The molecular formula is C8H12BrN3O. The van der Waals surface area contributed by atoms with Crippen LogP contribution in [0.5, 0.6) is 0 Å². The molecule has 4 nitrogen and oxygen atoms in total.